The average molecular weight is 334 g/mol. The lowest BCUT2D eigenvalue weighted by Crippen LogP contribution is -2.35. The second kappa shape index (κ2) is 8.19. The molecular formula is C16H23F3NO3+. The van der Waals surface area contributed by atoms with Crippen LogP contribution in [-0.4, -0.2) is 50.9 Å². The summed E-state index contributed by atoms with van der Waals surface area (Å²) in [4.78, 5) is 10.6. The molecule has 0 aliphatic heterocycles. The minimum Gasteiger partial charge on any atom is -0.494 e. The fourth-order valence-corrected chi connectivity index (χ4v) is 1.79. The number of esters is 1. The first-order valence-electron chi connectivity index (χ1n) is 7.34. The van der Waals surface area contributed by atoms with Crippen LogP contribution in [0.1, 0.15) is 18.4 Å². The van der Waals surface area contributed by atoms with E-state index in [1.54, 1.807) is 24.3 Å². The molecule has 0 aromatic heterocycles. The van der Waals surface area contributed by atoms with Crippen LogP contribution >= 0.6 is 0 Å². The standard InChI is InChI=1S/C16H23F3NO3/c1-20(2,3)10-4-5-11-22-14-8-6-13(7-9-14)12-23-15(21)16(17,18)19/h6-9H,4-5,10-12H2,1-3H3/q+1. The van der Waals surface area contributed by atoms with Crippen molar-refractivity contribution in [2.75, 3.05) is 34.3 Å². The number of hydrogen-bond acceptors (Lipinski definition) is 3. The van der Waals surface area contributed by atoms with Gasteiger partial charge in [0, 0.05) is 0 Å². The summed E-state index contributed by atoms with van der Waals surface area (Å²) in [6, 6.07) is 6.45. The van der Waals surface area contributed by atoms with E-state index in [4.69, 9.17) is 4.74 Å². The number of carbonyl (C=O) groups excluding carboxylic acids is 1. The average Bonchev–Trinajstić information content (AvgIpc) is 2.43. The molecule has 0 aliphatic carbocycles. The highest BCUT2D eigenvalue weighted by molar-refractivity contribution is 5.75. The minimum absolute atomic E-state index is 0.415. The Bertz CT molecular complexity index is 493. The number of unbranched alkanes of at least 4 members (excludes halogenated alkanes) is 1. The molecule has 130 valence electrons. The molecule has 0 N–H and O–H groups in total. The zero-order chi connectivity index (χ0) is 17.5. The van der Waals surface area contributed by atoms with E-state index >= 15 is 0 Å². The number of benzene rings is 1. The molecule has 0 spiro atoms. The summed E-state index contributed by atoms with van der Waals surface area (Å²) in [5.41, 5.74) is 0.472. The Morgan fingerprint density at radius 2 is 1.70 bits per heavy atom. The second-order valence-corrected chi connectivity index (χ2v) is 6.29. The van der Waals surface area contributed by atoms with E-state index in [9.17, 15) is 18.0 Å². The summed E-state index contributed by atoms with van der Waals surface area (Å²) in [6.45, 7) is 1.23. The Labute approximate surface area is 134 Å². The van der Waals surface area contributed by atoms with Crippen molar-refractivity contribution in [3.63, 3.8) is 0 Å². The summed E-state index contributed by atoms with van der Waals surface area (Å²) in [7, 11) is 6.39. The van der Waals surface area contributed by atoms with Gasteiger partial charge in [0.05, 0.1) is 34.3 Å². The summed E-state index contributed by atoms with van der Waals surface area (Å²) < 4.78 is 46.6. The van der Waals surface area contributed by atoms with Crippen LogP contribution in [-0.2, 0) is 16.1 Å². The molecule has 7 heteroatoms. The van der Waals surface area contributed by atoms with E-state index in [0.29, 0.717) is 17.9 Å². The van der Waals surface area contributed by atoms with Gasteiger partial charge in [-0.1, -0.05) is 12.1 Å². The maximum absolute atomic E-state index is 12.0. The highest BCUT2D eigenvalue weighted by Crippen LogP contribution is 2.18. The van der Waals surface area contributed by atoms with Gasteiger partial charge < -0.3 is 14.0 Å². The van der Waals surface area contributed by atoms with Gasteiger partial charge in [-0.25, -0.2) is 4.79 Å². The summed E-state index contributed by atoms with van der Waals surface area (Å²) >= 11 is 0. The molecule has 0 saturated heterocycles. The van der Waals surface area contributed by atoms with Gasteiger partial charge >= 0.3 is 12.1 Å². The smallest absolute Gasteiger partial charge is 0.490 e. The zero-order valence-electron chi connectivity index (χ0n) is 13.7. The van der Waals surface area contributed by atoms with Gasteiger partial charge in [-0.15, -0.1) is 0 Å². The lowest BCUT2D eigenvalue weighted by Gasteiger charge is -2.23. The Morgan fingerprint density at radius 1 is 1.09 bits per heavy atom. The maximum atomic E-state index is 12.0. The van der Waals surface area contributed by atoms with Crippen LogP contribution in [0.25, 0.3) is 0 Å². The van der Waals surface area contributed by atoms with E-state index in [1.165, 1.54) is 0 Å². The van der Waals surface area contributed by atoms with Gasteiger partial charge in [-0.2, -0.15) is 13.2 Å². The minimum atomic E-state index is -4.96. The van der Waals surface area contributed by atoms with Gasteiger partial charge in [0.1, 0.15) is 12.4 Å². The molecule has 23 heavy (non-hydrogen) atoms. The predicted octanol–water partition coefficient (Wildman–Crippen LogP) is 3.16. The van der Waals surface area contributed by atoms with Gasteiger partial charge in [0.15, 0.2) is 0 Å². The van der Waals surface area contributed by atoms with E-state index < -0.39 is 18.8 Å². The molecule has 0 fully saturated rings. The van der Waals surface area contributed by atoms with Crippen LogP contribution in [0.4, 0.5) is 13.2 Å². The quantitative estimate of drug-likeness (QED) is 0.416. The van der Waals surface area contributed by atoms with Crippen molar-refractivity contribution in [3.8, 4) is 5.75 Å². The highest BCUT2D eigenvalue weighted by Gasteiger charge is 2.40. The first kappa shape index (κ1) is 19.3. The third kappa shape index (κ3) is 8.44. The normalized spacial score (nSPS) is 12.1. The molecule has 1 aromatic rings. The van der Waals surface area contributed by atoms with Gasteiger partial charge in [-0.3, -0.25) is 0 Å². The van der Waals surface area contributed by atoms with E-state index in [1.807, 2.05) is 0 Å². The molecule has 0 bridgehead atoms. The third-order valence-corrected chi connectivity index (χ3v) is 3.02. The van der Waals surface area contributed by atoms with Crippen molar-refractivity contribution in [2.45, 2.75) is 25.6 Å². The Hall–Kier alpha value is -1.76. The Balaban J connectivity index is 2.30. The van der Waals surface area contributed by atoms with Crippen molar-refractivity contribution in [1.82, 2.24) is 0 Å². The van der Waals surface area contributed by atoms with E-state index in [-0.39, 0.29) is 0 Å². The van der Waals surface area contributed by atoms with Crippen molar-refractivity contribution in [2.24, 2.45) is 0 Å². The number of alkyl halides is 3. The molecule has 0 saturated carbocycles. The molecule has 0 radical (unpaired) electrons. The maximum Gasteiger partial charge on any atom is 0.490 e. The SMILES string of the molecule is C[N+](C)(C)CCCCOc1ccc(COC(=O)C(F)(F)F)cc1. The Kier molecular flexibility index (Phi) is 6.87. The molecule has 1 rings (SSSR count). The molecule has 0 atom stereocenters. The van der Waals surface area contributed by atoms with Gasteiger partial charge in [0.25, 0.3) is 0 Å². The van der Waals surface area contributed by atoms with Crippen LogP contribution in [0.2, 0.25) is 0 Å². The monoisotopic (exact) mass is 334 g/mol. The lowest BCUT2D eigenvalue weighted by atomic mass is 10.2. The number of nitrogens with zero attached hydrogens (tertiary/aromatic N) is 1. The number of hydrogen-bond donors (Lipinski definition) is 0. The molecular weight excluding hydrogens is 311 g/mol. The Morgan fingerprint density at radius 3 is 2.22 bits per heavy atom. The largest absolute Gasteiger partial charge is 0.494 e. The van der Waals surface area contributed by atoms with Gasteiger partial charge in [0.2, 0.25) is 0 Å². The zero-order valence-corrected chi connectivity index (χ0v) is 13.7. The van der Waals surface area contributed by atoms with Crippen LogP contribution in [0.3, 0.4) is 0 Å². The van der Waals surface area contributed by atoms with Crippen molar-refractivity contribution < 1.29 is 31.9 Å². The first-order valence-corrected chi connectivity index (χ1v) is 7.34. The van der Waals surface area contributed by atoms with Crippen LogP contribution < -0.4 is 4.74 Å². The fourth-order valence-electron chi connectivity index (χ4n) is 1.79. The van der Waals surface area contributed by atoms with Crippen LogP contribution in [0.5, 0.6) is 5.75 Å². The first-order chi connectivity index (χ1) is 10.6. The number of rotatable bonds is 8. The van der Waals surface area contributed by atoms with Crippen molar-refractivity contribution >= 4 is 5.97 Å². The van der Waals surface area contributed by atoms with Crippen molar-refractivity contribution in [3.05, 3.63) is 29.8 Å². The molecule has 0 amide bonds. The second-order valence-electron chi connectivity index (χ2n) is 6.29. The summed E-state index contributed by atoms with van der Waals surface area (Å²) in [5.74, 6) is -1.55. The molecule has 0 aliphatic rings. The number of quaternary nitrogens is 1. The number of carbonyl (C=O) groups is 1. The van der Waals surface area contributed by atoms with Crippen LogP contribution in [0, 0.1) is 0 Å². The summed E-state index contributed by atoms with van der Waals surface area (Å²) in [5, 5.41) is 0. The lowest BCUT2D eigenvalue weighted by molar-refractivity contribution is -0.870. The third-order valence-electron chi connectivity index (χ3n) is 3.02. The van der Waals surface area contributed by atoms with Crippen molar-refractivity contribution in [1.29, 1.82) is 0 Å². The topological polar surface area (TPSA) is 35.5 Å². The van der Waals surface area contributed by atoms with Crippen LogP contribution in [0.15, 0.2) is 24.3 Å². The van der Waals surface area contributed by atoms with E-state index in [0.717, 1.165) is 23.9 Å². The summed E-state index contributed by atoms with van der Waals surface area (Å²) in [6.07, 6.45) is -2.98. The molecule has 0 heterocycles. The fraction of sp³-hybridized carbons (Fsp3) is 0.562. The number of halogens is 3. The molecule has 1 aromatic carbocycles. The predicted molar refractivity (Wildman–Crippen MR) is 79.9 cm³/mol. The molecule has 0 unspecified atom stereocenters. The highest BCUT2D eigenvalue weighted by atomic mass is 19.4. The number of ether oxygens (including phenoxy) is 2. The molecule has 4 nitrogen and oxygen atoms in total. The van der Waals surface area contributed by atoms with E-state index in [2.05, 4.69) is 25.9 Å². The van der Waals surface area contributed by atoms with Gasteiger partial charge in [-0.05, 0) is 30.5 Å².